The van der Waals surface area contributed by atoms with E-state index >= 15 is 0 Å². The number of benzene rings is 4. The summed E-state index contributed by atoms with van der Waals surface area (Å²) in [4.78, 5) is 13.9. The number of nitrogens with zero attached hydrogens (tertiary/aromatic N) is 4. The lowest BCUT2D eigenvalue weighted by Gasteiger charge is -2.11. The predicted octanol–water partition coefficient (Wildman–Crippen LogP) is 8.72. The molecule has 0 N–H and O–H groups in total. The third-order valence-electron chi connectivity index (χ3n) is 7.33. The summed E-state index contributed by atoms with van der Waals surface area (Å²) in [7, 11) is 0. The minimum atomic E-state index is 0.608. The zero-order chi connectivity index (χ0) is 26.5. The summed E-state index contributed by atoms with van der Waals surface area (Å²) >= 11 is 0. The van der Waals surface area contributed by atoms with E-state index in [1.54, 1.807) is 0 Å². The summed E-state index contributed by atoms with van der Waals surface area (Å²) in [6.07, 6.45) is 3.66. The lowest BCUT2D eigenvalue weighted by atomic mass is 10.1. The molecule has 4 heterocycles. The Labute approximate surface area is 230 Å². The Hall–Kier alpha value is -5.55. The molecule has 0 aliphatic heterocycles. The number of aromatic nitrogens is 4. The first-order valence-electron chi connectivity index (χ1n) is 13.2. The van der Waals surface area contributed by atoms with Gasteiger partial charge >= 0.3 is 0 Å². The van der Waals surface area contributed by atoms with Crippen LogP contribution in [0, 0.1) is 0 Å². The van der Waals surface area contributed by atoms with Gasteiger partial charge in [-0.25, -0.2) is 4.98 Å². The van der Waals surface area contributed by atoms with Crippen LogP contribution in [0.4, 0.5) is 0 Å². The number of hydrogen-bond donors (Lipinski definition) is 0. The summed E-state index contributed by atoms with van der Waals surface area (Å²) in [5.74, 6) is 0.608. The molecule has 5 heteroatoms. The van der Waals surface area contributed by atoms with Crippen molar-refractivity contribution in [2.75, 3.05) is 0 Å². The van der Waals surface area contributed by atoms with Crippen LogP contribution in [0.15, 0.2) is 138 Å². The van der Waals surface area contributed by atoms with Crippen LogP contribution in [0.25, 0.3) is 72.6 Å². The fourth-order valence-electron chi connectivity index (χ4n) is 5.46. The van der Waals surface area contributed by atoms with Crippen molar-refractivity contribution in [1.29, 1.82) is 0 Å². The van der Waals surface area contributed by atoms with Crippen LogP contribution in [-0.4, -0.2) is 19.5 Å². The van der Waals surface area contributed by atoms with E-state index in [-0.39, 0.29) is 0 Å². The van der Waals surface area contributed by atoms with E-state index in [1.165, 1.54) is 5.39 Å². The maximum atomic E-state index is 6.14. The van der Waals surface area contributed by atoms with E-state index in [2.05, 4.69) is 75.2 Å². The molecule has 0 spiro atoms. The quantitative estimate of drug-likeness (QED) is 0.236. The SMILES string of the molecule is c1ccc(-c2cccc(-n3c4cc(-c5ccccn5)ccc4c4ccc(-c5nc6ccccc6o5)cc43)c2)nc1. The van der Waals surface area contributed by atoms with Gasteiger partial charge in [0.1, 0.15) is 5.52 Å². The van der Waals surface area contributed by atoms with E-state index in [1.807, 2.05) is 73.1 Å². The highest BCUT2D eigenvalue weighted by molar-refractivity contribution is 6.11. The van der Waals surface area contributed by atoms with Crippen LogP contribution in [0.3, 0.4) is 0 Å². The average molecular weight is 515 g/mol. The maximum Gasteiger partial charge on any atom is 0.227 e. The number of hydrogen-bond acceptors (Lipinski definition) is 4. The average Bonchev–Trinajstić information content (AvgIpc) is 3.61. The molecule has 8 aromatic rings. The minimum Gasteiger partial charge on any atom is -0.436 e. The highest BCUT2D eigenvalue weighted by atomic mass is 16.3. The summed E-state index contributed by atoms with van der Waals surface area (Å²) in [6.45, 7) is 0. The van der Waals surface area contributed by atoms with Crippen molar-refractivity contribution in [3.8, 4) is 39.7 Å². The number of rotatable bonds is 4. The molecular weight excluding hydrogens is 492 g/mol. The molecule has 0 radical (unpaired) electrons. The predicted molar refractivity (Wildman–Crippen MR) is 160 cm³/mol. The third kappa shape index (κ3) is 3.68. The van der Waals surface area contributed by atoms with Gasteiger partial charge in [0.05, 0.1) is 22.4 Å². The molecule has 188 valence electrons. The second-order valence-corrected chi connectivity index (χ2v) is 9.77. The number of fused-ring (bicyclic) bond motifs is 4. The Morgan fingerprint density at radius 2 is 1.18 bits per heavy atom. The molecule has 0 unspecified atom stereocenters. The van der Waals surface area contributed by atoms with Crippen molar-refractivity contribution in [1.82, 2.24) is 19.5 Å². The smallest absolute Gasteiger partial charge is 0.227 e. The molecular formula is C35H22N4O. The molecule has 0 bridgehead atoms. The Balaban J connectivity index is 1.40. The second kappa shape index (κ2) is 9.03. The zero-order valence-corrected chi connectivity index (χ0v) is 21.4. The first kappa shape index (κ1) is 22.4. The van der Waals surface area contributed by atoms with Crippen molar-refractivity contribution >= 4 is 32.9 Å². The molecule has 0 aliphatic rings. The highest BCUT2D eigenvalue weighted by Crippen LogP contribution is 2.37. The number of pyridine rings is 2. The standard InChI is InChI=1S/C35H22N4O/c1-2-13-34-31(12-1)38-35(40-34)25-15-17-28-27-16-14-24(30-11-4-6-19-37-30)21-32(27)39(33(28)22-25)26-9-7-8-23(20-26)29-10-3-5-18-36-29/h1-22H. The van der Waals surface area contributed by atoms with Gasteiger partial charge in [-0.2, -0.15) is 0 Å². The molecule has 0 fully saturated rings. The first-order chi connectivity index (χ1) is 19.8. The molecule has 0 amide bonds. The molecule has 0 aliphatic carbocycles. The van der Waals surface area contributed by atoms with Crippen LogP contribution in [0.1, 0.15) is 0 Å². The minimum absolute atomic E-state index is 0.608. The van der Waals surface area contributed by atoms with Crippen LogP contribution in [-0.2, 0) is 0 Å². The molecule has 8 rings (SSSR count). The second-order valence-electron chi connectivity index (χ2n) is 9.77. The monoisotopic (exact) mass is 514 g/mol. The van der Waals surface area contributed by atoms with Crippen LogP contribution in [0.2, 0.25) is 0 Å². The van der Waals surface area contributed by atoms with Gasteiger partial charge in [0.25, 0.3) is 0 Å². The Bertz CT molecular complexity index is 2130. The van der Waals surface area contributed by atoms with Crippen molar-refractivity contribution in [3.05, 3.63) is 134 Å². The lowest BCUT2D eigenvalue weighted by molar-refractivity contribution is 0.620. The van der Waals surface area contributed by atoms with Crippen molar-refractivity contribution < 1.29 is 4.42 Å². The van der Waals surface area contributed by atoms with E-state index in [0.717, 1.165) is 61.3 Å². The van der Waals surface area contributed by atoms with Gasteiger partial charge in [0, 0.05) is 45.5 Å². The van der Waals surface area contributed by atoms with E-state index in [0.29, 0.717) is 5.89 Å². The van der Waals surface area contributed by atoms with Crippen molar-refractivity contribution in [2.24, 2.45) is 0 Å². The molecule has 4 aromatic heterocycles. The molecule has 0 saturated carbocycles. The van der Waals surface area contributed by atoms with Gasteiger partial charge in [-0.3, -0.25) is 9.97 Å². The topological polar surface area (TPSA) is 56.7 Å². The zero-order valence-electron chi connectivity index (χ0n) is 21.4. The van der Waals surface area contributed by atoms with Crippen LogP contribution in [0.5, 0.6) is 0 Å². The van der Waals surface area contributed by atoms with Crippen LogP contribution < -0.4 is 0 Å². The summed E-state index contributed by atoms with van der Waals surface area (Å²) in [5.41, 5.74) is 9.79. The maximum absolute atomic E-state index is 6.14. The van der Waals surface area contributed by atoms with E-state index in [9.17, 15) is 0 Å². The third-order valence-corrected chi connectivity index (χ3v) is 7.33. The molecule has 0 saturated heterocycles. The van der Waals surface area contributed by atoms with Gasteiger partial charge in [0.2, 0.25) is 5.89 Å². The number of para-hydroxylation sites is 2. The van der Waals surface area contributed by atoms with Gasteiger partial charge in [-0.15, -0.1) is 0 Å². The lowest BCUT2D eigenvalue weighted by Crippen LogP contribution is -1.95. The van der Waals surface area contributed by atoms with Gasteiger partial charge < -0.3 is 8.98 Å². The molecule has 40 heavy (non-hydrogen) atoms. The summed E-state index contributed by atoms with van der Waals surface area (Å²) in [6, 6.07) is 41.4. The summed E-state index contributed by atoms with van der Waals surface area (Å²) < 4.78 is 8.45. The fraction of sp³-hybridized carbons (Fsp3) is 0. The van der Waals surface area contributed by atoms with Gasteiger partial charge in [-0.05, 0) is 66.7 Å². The normalized spacial score (nSPS) is 11.5. The molecule has 5 nitrogen and oxygen atoms in total. The Morgan fingerprint density at radius 1 is 0.525 bits per heavy atom. The van der Waals surface area contributed by atoms with Gasteiger partial charge in [0.15, 0.2) is 5.58 Å². The summed E-state index contributed by atoms with van der Waals surface area (Å²) in [5, 5.41) is 2.33. The van der Waals surface area contributed by atoms with Crippen LogP contribution >= 0.6 is 0 Å². The largest absolute Gasteiger partial charge is 0.436 e. The fourth-order valence-corrected chi connectivity index (χ4v) is 5.46. The number of oxazole rings is 1. The van der Waals surface area contributed by atoms with Crippen molar-refractivity contribution in [2.45, 2.75) is 0 Å². The van der Waals surface area contributed by atoms with E-state index < -0.39 is 0 Å². The first-order valence-corrected chi connectivity index (χ1v) is 13.2. The highest BCUT2D eigenvalue weighted by Gasteiger charge is 2.17. The Kier molecular flexibility index (Phi) is 5.07. The Morgan fingerprint density at radius 3 is 1.88 bits per heavy atom. The molecule has 0 atom stereocenters. The molecule has 4 aromatic carbocycles. The van der Waals surface area contributed by atoms with Gasteiger partial charge in [-0.1, -0.05) is 54.6 Å². The van der Waals surface area contributed by atoms with Crippen molar-refractivity contribution in [3.63, 3.8) is 0 Å². The van der Waals surface area contributed by atoms with E-state index in [4.69, 9.17) is 9.40 Å².